The van der Waals surface area contributed by atoms with Gasteiger partial charge in [-0.05, 0) is 42.5 Å². The van der Waals surface area contributed by atoms with Gasteiger partial charge in [-0.15, -0.1) is 11.8 Å². The number of amides is 2. The van der Waals surface area contributed by atoms with Crippen LogP contribution >= 0.6 is 11.8 Å². The Hall–Kier alpha value is -2.36. The van der Waals surface area contributed by atoms with Crippen molar-refractivity contribution in [3.63, 3.8) is 0 Å². The molecule has 0 aliphatic carbocycles. The molecule has 0 saturated heterocycles. The molecule has 2 rings (SSSR count). The van der Waals surface area contributed by atoms with Crippen molar-refractivity contribution < 1.29 is 18.0 Å². The van der Waals surface area contributed by atoms with Gasteiger partial charge in [0.1, 0.15) is 0 Å². The molecule has 9 heteroatoms. The number of carbonyl (C=O) groups excluding carboxylic acids is 2. The summed E-state index contributed by atoms with van der Waals surface area (Å²) in [5.74, 6) is -0.275. The molecule has 2 aromatic carbocycles. The minimum absolute atomic E-state index is 0.0634. The molecular weight excluding hydrogens is 362 g/mol. The molecule has 0 bridgehead atoms. The van der Waals surface area contributed by atoms with Crippen LogP contribution in [0.2, 0.25) is 0 Å². The van der Waals surface area contributed by atoms with E-state index in [1.165, 1.54) is 36.9 Å². The number of thioether (sulfide) groups is 1. The van der Waals surface area contributed by atoms with E-state index in [1.54, 1.807) is 30.3 Å². The number of rotatable bonds is 6. The fraction of sp³-hybridized carbons (Fsp3) is 0.125. The Labute approximate surface area is 150 Å². The minimum atomic E-state index is -3.82. The average Bonchev–Trinajstić information content (AvgIpc) is 2.53. The van der Waals surface area contributed by atoms with Gasteiger partial charge in [0.2, 0.25) is 21.8 Å². The molecular formula is C16H17N3O4S2. The van der Waals surface area contributed by atoms with Gasteiger partial charge >= 0.3 is 0 Å². The van der Waals surface area contributed by atoms with Gasteiger partial charge in [-0.3, -0.25) is 9.59 Å². The summed E-state index contributed by atoms with van der Waals surface area (Å²) in [5, 5.41) is 10.3. The highest BCUT2D eigenvalue weighted by molar-refractivity contribution is 8.00. The number of hydrogen-bond acceptors (Lipinski definition) is 5. The number of anilines is 2. The molecule has 0 spiro atoms. The average molecular weight is 379 g/mol. The topological polar surface area (TPSA) is 118 Å². The van der Waals surface area contributed by atoms with Crippen LogP contribution in [0, 0.1) is 0 Å². The molecule has 4 N–H and O–H groups in total. The zero-order valence-corrected chi connectivity index (χ0v) is 15.0. The molecule has 0 fully saturated rings. The number of benzene rings is 2. The lowest BCUT2D eigenvalue weighted by atomic mass is 10.3. The van der Waals surface area contributed by atoms with Crippen LogP contribution in [0.15, 0.2) is 58.3 Å². The van der Waals surface area contributed by atoms with Gasteiger partial charge in [0.15, 0.2) is 0 Å². The van der Waals surface area contributed by atoms with Crippen molar-refractivity contribution in [2.75, 3.05) is 16.4 Å². The Bertz CT molecular complexity index is 881. The number of nitrogens with two attached hydrogens (primary N) is 1. The molecule has 132 valence electrons. The van der Waals surface area contributed by atoms with Crippen molar-refractivity contribution in [2.45, 2.75) is 16.7 Å². The summed E-state index contributed by atoms with van der Waals surface area (Å²) in [6.07, 6.45) is 0. The summed E-state index contributed by atoms with van der Waals surface area (Å²) >= 11 is 1.32. The molecule has 0 unspecified atom stereocenters. The Morgan fingerprint density at radius 3 is 2.32 bits per heavy atom. The van der Waals surface area contributed by atoms with Crippen LogP contribution in [0.3, 0.4) is 0 Å². The van der Waals surface area contributed by atoms with Crippen LogP contribution in [0.5, 0.6) is 0 Å². The van der Waals surface area contributed by atoms with Crippen molar-refractivity contribution in [2.24, 2.45) is 5.14 Å². The van der Waals surface area contributed by atoms with Gasteiger partial charge in [0.05, 0.1) is 10.6 Å². The molecule has 2 amide bonds. The molecule has 2 aromatic rings. The van der Waals surface area contributed by atoms with Crippen LogP contribution in [0.1, 0.15) is 6.92 Å². The maximum Gasteiger partial charge on any atom is 0.238 e. The van der Waals surface area contributed by atoms with Crippen molar-refractivity contribution in [1.82, 2.24) is 0 Å². The SMILES string of the molecule is CC(=O)Nc1ccc(SCC(=O)Nc2cccc(S(N)(=O)=O)c2)cc1. The molecule has 0 aliphatic heterocycles. The number of nitrogens with one attached hydrogen (secondary N) is 2. The lowest BCUT2D eigenvalue weighted by molar-refractivity contribution is -0.114. The second kappa shape index (κ2) is 8.15. The fourth-order valence-corrected chi connectivity index (χ4v) is 3.19. The van der Waals surface area contributed by atoms with Gasteiger partial charge in [-0.25, -0.2) is 13.6 Å². The summed E-state index contributed by atoms with van der Waals surface area (Å²) in [5.41, 5.74) is 1.04. The first-order valence-electron chi connectivity index (χ1n) is 7.17. The van der Waals surface area contributed by atoms with E-state index in [0.717, 1.165) is 4.90 Å². The van der Waals surface area contributed by atoms with E-state index in [9.17, 15) is 18.0 Å². The third-order valence-electron chi connectivity index (χ3n) is 2.99. The number of carbonyl (C=O) groups is 2. The van der Waals surface area contributed by atoms with E-state index in [-0.39, 0.29) is 22.5 Å². The Morgan fingerprint density at radius 2 is 1.72 bits per heavy atom. The van der Waals surface area contributed by atoms with Crippen molar-refractivity contribution >= 4 is 45.0 Å². The standard InChI is InChI=1S/C16H17N3O4S2/c1-11(20)18-12-5-7-14(8-6-12)24-10-16(21)19-13-3-2-4-15(9-13)25(17,22)23/h2-9H,10H2,1H3,(H,18,20)(H,19,21)(H2,17,22,23). The van der Waals surface area contributed by atoms with Crippen LogP contribution in [0.4, 0.5) is 11.4 Å². The lowest BCUT2D eigenvalue weighted by Gasteiger charge is -2.07. The normalized spacial score (nSPS) is 11.0. The number of hydrogen-bond donors (Lipinski definition) is 3. The van der Waals surface area contributed by atoms with E-state index in [1.807, 2.05) is 0 Å². The fourth-order valence-electron chi connectivity index (χ4n) is 1.93. The van der Waals surface area contributed by atoms with Gasteiger partial charge in [-0.2, -0.15) is 0 Å². The zero-order valence-electron chi connectivity index (χ0n) is 13.4. The second-order valence-electron chi connectivity index (χ2n) is 5.12. The smallest absolute Gasteiger partial charge is 0.238 e. The van der Waals surface area contributed by atoms with E-state index in [2.05, 4.69) is 10.6 Å². The molecule has 7 nitrogen and oxygen atoms in total. The highest BCUT2D eigenvalue weighted by atomic mass is 32.2. The first kappa shape index (κ1) is 19.0. The molecule has 25 heavy (non-hydrogen) atoms. The quantitative estimate of drug-likeness (QED) is 0.664. The van der Waals surface area contributed by atoms with Gasteiger partial charge < -0.3 is 10.6 Å². The van der Waals surface area contributed by atoms with E-state index < -0.39 is 10.0 Å². The molecule has 0 radical (unpaired) electrons. The zero-order chi connectivity index (χ0) is 18.4. The number of primary sulfonamides is 1. The third-order valence-corrected chi connectivity index (χ3v) is 4.91. The molecule has 0 saturated carbocycles. The van der Waals surface area contributed by atoms with E-state index in [4.69, 9.17) is 5.14 Å². The monoisotopic (exact) mass is 379 g/mol. The summed E-state index contributed by atoms with van der Waals surface area (Å²) in [6, 6.07) is 12.8. The minimum Gasteiger partial charge on any atom is -0.326 e. The van der Waals surface area contributed by atoms with Crippen molar-refractivity contribution in [3.05, 3.63) is 48.5 Å². The predicted molar refractivity (Wildman–Crippen MR) is 97.9 cm³/mol. The Morgan fingerprint density at radius 1 is 1.04 bits per heavy atom. The predicted octanol–water partition coefficient (Wildman–Crippen LogP) is 2.02. The maximum absolute atomic E-state index is 12.0. The van der Waals surface area contributed by atoms with Gasteiger partial charge in [0, 0.05) is 23.2 Å². The first-order chi connectivity index (χ1) is 11.7. The van der Waals surface area contributed by atoms with Crippen LogP contribution < -0.4 is 15.8 Å². The highest BCUT2D eigenvalue weighted by Crippen LogP contribution is 2.21. The maximum atomic E-state index is 12.0. The molecule has 0 aromatic heterocycles. The summed E-state index contributed by atoms with van der Waals surface area (Å²) < 4.78 is 22.6. The molecule has 0 aliphatic rings. The van der Waals surface area contributed by atoms with Crippen molar-refractivity contribution in [3.8, 4) is 0 Å². The lowest BCUT2D eigenvalue weighted by Crippen LogP contribution is -2.16. The molecule has 0 heterocycles. The van der Waals surface area contributed by atoms with Crippen LogP contribution in [-0.2, 0) is 19.6 Å². The van der Waals surface area contributed by atoms with Gasteiger partial charge in [0.25, 0.3) is 0 Å². The largest absolute Gasteiger partial charge is 0.326 e. The third kappa shape index (κ3) is 6.22. The summed E-state index contributed by atoms with van der Waals surface area (Å²) in [4.78, 5) is 23.7. The number of sulfonamides is 1. The van der Waals surface area contributed by atoms with Gasteiger partial charge in [-0.1, -0.05) is 6.07 Å². The molecule has 0 atom stereocenters. The Balaban J connectivity index is 1.91. The van der Waals surface area contributed by atoms with Crippen molar-refractivity contribution in [1.29, 1.82) is 0 Å². The summed E-state index contributed by atoms with van der Waals surface area (Å²) in [7, 11) is -3.82. The van der Waals surface area contributed by atoms with Crippen LogP contribution in [0.25, 0.3) is 0 Å². The second-order valence-corrected chi connectivity index (χ2v) is 7.73. The first-order valence-corrected chi connectivity index (χ1v) is 9.70. The van der Waals surface area contributed by atoms with E-state index in [0.29, 0.717) is 11.4 Å². The highest BCUT2D eigenvalue weighted by Gasteiger charge is 2.10. The summed E-state index contributed by atoms with van der Waals surface area (Å²) in [6.45, 7) is 1.43. The van der Waals surface area contributed by atoms with E-state index >= 15 is 0 Å². The Kier molecular flexibility index (Phi) is 6.18. The van der Waals surface area contributed by atoms with Crippen LogP contribution in [-0.4, -0.2) is 26.0 Å².